The van der Waals surface area contributed by atoms with E-state index >= 15 is 0 Å². The Hall–Kier alpha value is -1.70. The molecule has 0 saturated heterocycles. The molecule has 0 aliphatic rings. The van der Waals surface area contributed by atoms with Crippen molar-refractivity contribution in [2.75, 3.05) is 0 Å². The van der Waals surface area contributed by atoms with E-state index in [9.17, 15) is 10.1 Å². The van der Waals surface area contributed by atoms with Crippen LogP contribution in [0.4, 0.5) is 5.69 Å². The summed E-state index contributed by atoms with van der Waals surface area (Å²) in [5, 5.41) is 19.5. The molecule has 0 fully saturated rings. The molecule has 0 spiro atoms. The van der Waals surface area contributed by atoms with E-state index in [1.54, 1.807) is 19.4 Å². The average molecular weight is 314 g/mol. The number of rotatable bonds is 3. The third kappa shape index (κ3) is 2.03. The summed E-state index contributed by atoms with van der Waals surface area (Å²) in [5.41, 5.74) is 0.465. The van der Waals surface area contributed by atoms with Gasteiger partial charge in [-0.25, -0.2) is 9.36 Å². The molecule has 2 aromatic rings. The van der Waals surface area contributed by atoms with Gasteiger partial charge in [-0.1, -0.05) is 13.8 Å². The summed E-state index contributed by atoms with van der Waals surface area (Å²) >= 11 is 3.27. The summed E-state index contributed by atoms with van der Waals surface area (Å²) in [5.74, 6) is 0.332. The van der Waals surface area contributed by atoms with Crippen LogP contribution in [0.5, 0.6) is 0 Å². The van der Waals surface area contributed by atoms with Crippen molar-refractivity contribution in [2.24, 2.45) is 7.05 Å². The van der Waals surface area contributed by atoms with Gasteiger partial charge in [-0.15, -0.1) is 0 Å². The predicted molar refractivity (Wildman–Crippen MR) is 68.8 cm³/mol. The number of halogens is 1. The van der Waals surface area contributed by atoms with Crippen LogP contribution in [-0.2, 0) is 7.05 Å². The first-order valence-corrected chi connectivity index (χ1v) is 6.13. The van der Waals surface area contributed by atoms with Crippen molar-refractivity contribution in [3.63, 3.8) is 0 Å². The molecule has 0 unspecified atom stereocenters. The smallest absolute Gasteiger partial charge is 0.258 e. The molecule has 18 heavy (non-hydrogen) atoms. The molecule has 0 aliphatic carbocycles. The van der Waals surface area contributed by atoms with Crippen LogP contribution in [0.1, 0.15) is 25.5 Å². The Morgan fingerprint density at radius 2 is 2.17 bits per heavy atom. The van der Waals surface area contributed by atoms with E-state index in [1.165, 1.54) is 9.36 Å². The number of aryl methyl sites for hydroxylation is 1. The van der Waals surface area contributed by atoms with Crippen molar-refractivity contribution in [1.82, 2.24) is 19.6 Å². The largest absolute Gasteiger partial charge is 0.336 e. The first kappa shape index (κ1) is 12.7. The van der Waals surface area contributed by atoms with Crippen LogP contribution in [0.15, 0.2) is 16.9 Å². The van der Waals surface area contributed by atoms with Gasteiger partial charge in [0, 0.05) is 19.2 Å². The van der Waals surface area contributed by atoms with Crippen LogP contribution in [0.25, 0.3) is 5.82 Å². The molecule has 0 amide bonds. The van der Waals surface area contributed by atoms with Gasteiger partial charge in [-0.3, -0.25) is 10.1 Å². The van der Waals surface area contributed by atoms with Gasteiger partial charge in [-0.05, 0) is 15.9 Å². The summed E-state index contributed by atoms with van der Waals surface area (Å²) in [6.07, 6.45) is 3.24. The molecule has 8 heteroatoms. The number of aromatic nitrogens is 4. The van der Waals surface area contributed by atoms with Crippen LogP contribution in [0.2, 0.25) is 0 Å². The van der Waals surface area contributed by atoms with Crippen LogP contribution < -0.4 is 0 Å². The van der Waals surface area contributed by atoms with Crippen LogP contribution >= 0.6 is 15.9 Å². The molecule has 0 aromatic carbocycles. The number of nitro groups is 1. The van der Waals surface area contributed by atoms with Crippen molar-refractivity contribution in [2.45, 2.75) is 19.8 Å². The van der Waals surface area contributed by atoms with Crippen LogP contribution in [-0.4, -0.2) is 24.5 Å². The zero-order valence-electron chi connectivity index (χ0n) is 10.2. The van der Waals surface area contributed by atoms with E-state index < -0.39 is 4.92 Å². The second kappa shape index (κ2) is 4.52. The second-order valence-corrected chi connectivity index (χ2v) is 5.11. The summed E-state index contributed by atoms with van der Waals surface area (Å²) in [6.45, 7) is 3.75. The highest BCUT2D eigenvalue weighted by Crippen LogP contribution is 2.31. The molecule has 0 aliphatic heterocycles. The molecule has 96 valence electrons. The van der Waals surface area contributed by atoms with Crippen molar-refractivity contribution >= 4 is 21.6 Å². The molecule has 0 radical (unpaired) electrons. The van der Waals surface area contributed by atoms with Gasteiger partial charge < -0.3 is 0 Å². The topological polar surface area (TPSA) is 78.8 Å². The second-order valence-electron chi connectivity index (χ2n) is 4.20. The first-order valence-electron chi connectivity index (χ1n) is 5.33. The maximum atomic E-state index is 11.2. The van der Waals surface area contributed by atoms with Gasteiger partial charge in [0.25, 0.3) is 0 Å². The maximum Gasteiger partial charge on any atom is 0.336 e. The Bertz CT molecular complexity index is 601. The van der Waals surface area contributed by atoms with E-state index in [0.29, 0.717) is 11.5 Å². The van der Waals surface area contributed by atoms with Crippen LogP contribution in [0.3, 0.4) is 0 Å². The van der Waals surface area contributed by atoms with E-state index in [4.69, 9.17) is 0 Å². The molecular weight excluding hydrogens is 302 g/mol. The Balaban J connectivity index is 2.70. The quantitative estimate of drug-likeness (QED) is 0.644. The lowest BCUT2D eigenvalue weighted by atomic mass is 10.1. The predicted octanol–water partition coefficient (Wildman–Crippen LogP) is 2.40. The summed E-state index contributed by atoms with van der Waals surface area (Å²) < 4.78 is 3.68. The molecule has 0 atom stereocenters. The summed E-state index contributed by atoms with van der Waals surface area (Å²) in [7, 11) is 1.67. The molecular formula is C10H12BrN5O2. The lowest BCUT2D eigenvalue weighted by molar-refractivity contribution is -0.385. The Kier molecular flexibility index (Phi) is 3.20. The van der Waals surface area contributed by atoms with Gasteiger partial charge in [-0.2, -0.15) is 10.2 Å². The highest BCUT2D eigenvalue weighted by molar-refractivity contribution is 9.10. The number of hydrogen-bond donors (Lipinski definition) is 0. The fourth-order valence-electron chi connectivity index (χ4n) is 1.76. The van der Waals surface area contributed by atoms with Gasteiger partial charge in [0.2, 0.25) is 5.82 Å². The standard InChI is InChI=1S/C10H12BrN5O2/c1-6(2)8-9(16(17)18)10(14(3)13-8)15-5-7(11)4-12-15/h4-6H,1-3H3. The Morgan fingerprint density at radius 3 is 2.61 bits per heavy atom. The normalized spacial score (nSPS) is 11.2. The van der Waals surface area contributed by atoms with E-state index in [0.717, 1.165) is 4.47 Å². The maximum absolute atomic E-state index is 11.2. The third-order valence-corrected chi connectivity index (χ3v) is 2.93. The SMILES string of the molecule is CC(C)c1nn(C)c(-n2cc(Br)cn2)c1[N+](=O)[O-]. The van der Waals surface area contributed by atoms with E-state index in [-0.39, 0.29) is 11.6 Å². The average Bonchev–Trinajstić information content (AvgIpc) is 2.81. The summed E-state index contributed by atoms with van der Waals surface area (Å²) in [6, 6.07) is 0. The van der Waals surface area contributed by atoms with Crippen molar-refractivity contribution < 1.29 is 4.92 Å². The minimum atomic E-state index is -0.409. The van der Waals surface area contributed by atoms with Gasteiger partial charge >= 0.3 is 5.69 Å². The molecule has 2 heterocycles. The Labute approximate surface area is 112 Å². The molecule has 2 aromatic heterocycles. The van der Waals surface area contributed by atoms with Crippen molar-refractivity contribution in [3.8, 4) is 5.82 Å². The minimum Gasteiger partial charge on any atom is -0.258 e. The fraction of sp³-hybridized carbons (Fsp3) is 0.400. The zero-order chi connectivity index (χ0) is 13.4. The van der Waals surface area contributed by atoms with E-state index in [1.807, 2.05) is 13.8 Å². The van der Waals surface area contributed by atoms with Crippen LogP contribution in [0, 0.1) is 10.1 Å². The molecule has 7 nitrogen and oxygen atoms in total. The molecule has 2 rings (SSSR count). The molecule has 0 N–H and O–H groups in total. The minimum absolute atomic E-state index is 0.00287. The first-order chi connectivity index (χ1) is 8.41. The number of hydrogen-bond acceptors (Lipinski definition) is 4. The highest BCUT2D eigenvalue weighted by Gasteiger charge is 2.29. The molecule has 0 bridgehead atoms. The van der Waals surface area contributed by atoms with Gasteiger partial charge in [0.15, 0.2) is 0 Å². The van der Waals surface area contributed by atoms with Crippen molar-refractivity contribution in [3.05, 3.63) is 32.7 Å². The monoisotopic (exact) mass is 313 g/mol. The lowest BCUT2D eigenvalue weighted by Gasteiger charge is -2.01. The van der Waals surface area contributed by atoms with Crippen molar-refractivity contribution in [1.29, 1.82) is 0 Å². The van der Waals surface area contributed by atoms with Gasteiger partial charge in [0.05, 0.1) is 15.6 Å². The number of nitrogens with zero attached hydrogens (tertiary/aromatic N) is 5. The van der Waals surface area contributed by atoms with E-state index in [2.05, 4.69) is 26.1 Å². The molecule has 0 saturated carbocycles. The zero-order valence-corrected chi connectivity index (χ0v) is 11.7. The Morgan fingerprint density at radius 1 is 1.50 bits per heavy atom. The third-order valence-electron chi connectivity index (χ3n) is 2.52. The highest BCUT2D eigenvalue weighted by atomic mass is 79.9. The lowest BCUT2D eigenvalue weighted by Crippen LogP contribution is -2.05. The fourth-order valence-corrected chi connectivity index (χ4v) is 2.05. The van der Waals surface area contributed by atoms with Gasteiger partial charge in [0.1, 0.15) is 5.69 Å². The summed E-state index contributed by atoms with van der Waals surface area (Å²) in [4.78, 5) is 10.8.